The quantitative estimate of drug-likeness (QED) is 0.588. The van der Waals surface area contributed by atoms with E-state index in [0.29, 0.717) is 17.9 Å². The van der Waals surface area contributed by atoms with Crippen molar-refractivity contribution in [1.29, 1.82) is 0 Å². The van der Waals surface area contributed by atoms with Crippen molar-refractivity contribution >= 4 is 17.7 Å². The van der Waals surface area contributed by atoms with Crippen molar-refractivity contribution in [1.82, 2.24) is 16.2 Å². The van der Waals surface area contributed by atoms with Crippen molar-refractivity contribution in [2.45, 2.75) is 6.92 Å². The predicted molar refractivity (Wildman–Crippen MR) is 98.1 cm³/mol. The lowest BCUT2D eigenvalue weighted by atomic mass is 10.2. The van der Waals surface area contributed by atoms with Crippen LogP contribution in [0.15, 0.2) is 48.5 Å². The summed E-state index contributed by atoms with van der Waals surface area (Å²) in [4.78, 5) is 35.3. The van der Waals surface area contributed by atoms with Gasteiger partial charge in [0.25, 0.3) is 17.7 Å². The molecule has 2 rings (SSSR count). The first-order valence-corrected chi connectivity index (χ1v) is 8.45. The molecule has 8 nitrogen and oxygen atoms in total. The monoisotopic (exact) mass is 389 g/mol. The second-order valence-corrected chi connectivity index (χ2v) is 5.46. The van der Waals surface area contributed by atoms with Gasteiger partial charge in [-0.2, -0.15) is 0 Å². The maximum atomic E-state index is 13.4. The van der Waals surface area contributed by atoms with Crippen LogP contribution in [-0.4, -0.2) is 37.5 Å². The summed E-state index contributed by atoms with van der Waals surface area (Å²) >= 11 is 0. The molecule has 2 aromatic carbocycles. The number of nitrogens with one attached hydrogen (secondary N) is 3. The lowest BCUT2D eigenvalue weighted by Crippen LogP contribution is -2.47. The van der Waals surface area contributed by atoms with Crippen molar-refractivity contribution < 1.29 is 28.2 Å². The number of hydrogen-bond donors (Lipinski definition) is 3. The normalized spacial score (nSPS) is 9.93. The summed E-state index contributed by atoms with van der Waals surface area (Å²) in [6, 6.07) is 12.1. The summed E-state index contributed by atoms with van der Waals surface area (Å²) in [5.41, 5.74) is 4.58. The van der Waals surface area contributed by atoms with Crippen molar-refractivity contribution in [3.63, 3.8) is 0 Å². The first-order valence-electron chi connectivity index (χ1n) is 8.45. The number of rotatable bonds is 8. The Morgan fingerprint density at radius 2 is 1.61 bits per heavy atom. The molecular formula is C19H20FN3O5. The predicted octanol–water partition coefficient (Wildman–Crippen LogP) is 1.18. The highest BCUT2D eigenvalue weighted by Crippen LogP contribution is 2.14. The van der Waals surface area contributed by atoms with E-state index in [1.807, 2.05) is 6.92 Å². The maximum absolute atomic E-state index is 13.4. The van der Waals surface area contributed by atoms with Gasteiger partial charge in [-0.1, -0.05) is 12.1 Å². The van der Waals surface area contributed by atoms with E-state index in [9.17, 15) is 18.8 Å². The van der Waals surface area contributed by atoms with E-state index in [0.717, 1.165) is 0 Å². The molecule has 0 bridgehead atoms. The fraction of sp³-hybridized carbons (Fsp3) is 0.211. The molecule has 148 valence electrons. The molecule has 0 unspecified atom stereocenters. The molecule has 28 heavy (non-hydrogen) atoms. The van der Waals surface area contributed by atoms with E-state index in [4.69, 9.17) is 9.47 Å². The minimum Gasteiger partial charge on any atom is -0.494 e. The molecule has 0 aliphatic heterocycles. The largest absolute Gasteiger partial charge is 0.494 e. The number of para-hydroxylation sites is 1. The molecular weight excluding hydrogens is 369 g/mol. The second-order valence-electron chi connectivity index (χ2n) is 5.46. The highest BCUT2D eigenvalue weighted by molar-refractivity contribution is 5.96. The SMILES string of the molecule is CCOc1ccc(C(=O)NCC(=O)NNC(=O)COc2ccccc2F)cc1. The maximum Gasteiger partial charge on any atom is 0.276 e. The lowest BCUT2D eigenvalue weighted by molar-refractivity contribution is -0.129. The molecule has 0 fully saturated rings. The Bertz CT molecular complexity index is 827. The molecule has 0 aliphatic rings. The highest BCUT2D eigenvalue weighted by Gasteiger charge is 2.10. The van der Waals surface area contributed by atoms with Gasteiger partial charge in [-0.25, -0.2) is 4.39 Å². The lowest BCUT2D eigenvalue weighted by Gasteiger charge is -2.10. The van der Waals surface area contributed by atoms with Gasteiger partial charge in [0, 0.05) is 5.56 Å². The molecule has 0 aromatic heterocycles. The third kappa shape index (κ3) is 6.60. The van der Waals surface area contributed by atoms with Crippen molar-refractivity contribution in [2.24, 2.45) is 0 Å². The third-order valence-electron chi connectivity index (χ3n) is 3.37. The molecule has 0 saturated heterocycles. The van der Waals surface area contributed by atoms with E-state index in [1.165, 1.54) is 18.2 Å². The Hall–Kier alpha value is -3.62. The molecule has 0 heterocycles. The molecule has 0 aliphatic carbocycles. The van der Waals surface area contributed by atoms with Crippen molar-refractivity contribution in [3.05, 3.63) is 59.9 Å². The van der Waals surface area contributed by atoms with Crippen molar-refractivity contribution in [3.8, 4) is 11.5 Å². The number of hydrazine groups is 1. The molecule has 3 N–H and O–H groups in total. The van der Waals surface area contributed by atoms with Gasteiger partial charge in [0.05, 0.1) is 13.2 Å². The molecule has 9 heteroatoms. The summed E-state index contributed by atoms with van der Waals surface area (Å²) in [6.45, 7) is 1.53. The summed E-state index contributed by atoms with van der Waals surface area (Å²) in [6.07, 6.45) is 0. The van der Waals surface area contributed by atoms with E-state index >= 15 is 0 Å². The van der Waals surface area contributed by atoms with E-state index < -0.39 is 30.1 Å². The van der Waals surface area contributed by atoms with Crippen LogP contribution in [0.2, 0.25) is 0 Å². The van der Waals surface area contributed by atoms with Gasteiger partial charge >= 0.3 is 0 Å². The van der Waals surface area contributed by atoms with Crippen LogP contribution in [0.4, 0.5) is 4.39 Å². The molecule has 0 spiro atoms. The zero-order valence-corrected chi connectivity index (χ0v) is 15.2. The van der Waals surface area contributed by atoms with Crippen LogP contribution in [0, 0.1) is 5.82 Å². The zero-order chi connectivity index (χ0) is 20.4. The second kappa shape index (κ2) is 10.5. The number of halogens is 1. The van der Waals surface area contributed by atoms with Gasteiger partial charge < -0.3 is 14.8 Å². The number of carbonyl (C=O) groups is 3. The Morgan fingerprint density at radius 3 is 2.29 bits per heavy atom. The first kappa shape index (κ1) is 20.7. The van der Waals surface area contributed by atoms with Gasteiger partial charge in [0.15, 0.2) is 18.2 Å². The van der Waals surface area contributed by atoms with Crippen LogP contribution in [0.3, 0.4) is 0 Å². The van der Waals surface area contributed by atoms with Crippen LogP contribution in [0.1, 0.15) is 17.3 Å². The van der Waals surface area contributed by atoms with Crippen LogP contribution in [-0.2, 0) is 9.59 Å². The highest BCUT2D eigenvalue weighted by atomic mass is 19.1. The summed E-state index contributed by atoms with van der Waals surface area (Å²) in [5, 5.41) is 2.42. The van der Waals surface area contributed by atoms with Crippen LogP contribution in [0.25, 0.3) is 0 Å². The van der Waals surface area contributed by atoms with Crippen LogP contribution >= 0.6 is 0 Å². The zero-order valence-electron chi connectivity index (χ0n) is 15.2. The molecule has 0 atom stereocenters. The molecule has 3 amide bonds. The Morgan fingerprint density at radius 1 is 0.929 bits per heavy atom. The van der Waals surface area contributed by atoms with Gasteiger partial charge in [0.2, 0.25) is 0 Å². The van der Waals surface area contributed by atoms with Crippen LogP contribution in [0.5, 0.6) is 11.5 Å². The number of ether oxygens (including phenoxy) is 2. The number of carbonyl (C=O) groups excluding carboxylic acids is 3. The van der Waals surface area contributed by atoms with E-state index in [2.05, 4.69) is 16.2 Å². The minimum absolute atomic E-state index is 0.0772. The topological polar surface area (TPSA) is 106 Å². The van der Waals surface area contributed by atoms with Gasteiger partial charge in [0.1, 0.15) is 5.75 Å². The van der Waals surface area contributed by atoms with E-state index in [1.54, 1.807) is 30.3 Å². The van der Waals surface area contributed by atoms with Gasteiger partial charge in [-0.3, -0.25) is 25.2 Å². The van der Waals surface area contributed by atoms with Gasteiger partial charge in [-0.05, 0) is 43.3 Å². The standard InChI is InChI=1S/C19H20FN3O5/c1-2-27-14-9-7-13(8-10-14)19(26)21-11-17(24)22-23-18(25)12-28-16-6-4-3-5-15(16)20/h3-10H,2,11-12H2,1H3,(H,21,26)(H,22,24)(H,23,25). The first-order chi connectivity index (χ1) is 13.5. The van der Waals surface area contributed by atoms with Gasteiger partial charge in [-0.15, -0.1) is 0 Å². The average molecular weight is 389 g/mol. The smallest absolute Gasteiger partial charge is 0.276 e. The molecule has 0 radical (unpaired) electrons. The Labute approximate surface area is 161 Å². The summed E-state index contributed by atoms with van der Waals surface area (Å²) in [7, 11) is 0. The summed E-state index contributed by atoms with van der Waals surface area (Å²) < 4.78 is 23.6. The molecule has 0 saturated carbocycles. The number of hydrogen-bond acceptors (Lipinski definition) is 5. The number of benzene rings is 2. The van der Waals surface area contributed by atoms with Crippen LogP contribution < -0.4 is 25.6 Å². The third-order valence-corrected chi connectivity index (χ3v) is 3.37. The van der Waals surface area contributed by atoms with Crippen molar-refractivity contribution in [2.75, 3.05) is 19.8 Å². The molecule has 2 aromatic rings. The fourth-order valence-corrected chi connectivity index (χ4v) is 2.06. The minimum atomic E-state index is -0.686. The number of amides is 3. The fourth-order valence-electron chi connectivity index (χ4n) is 2.06. The average Bonchev–Trinajstić information content (AvgIpc) is 2.70. The van der Waals surface area contributed by atoms with E-state index in [-0.39, 0.29) is 12.3 Å². The summed E-state index contributed by atoms with van der Waals surface area (Å²) in [5.74, 6) is -1.82. The Balaban J connectivity index is 1.68. The Kier molecular flexibility index (Phi) is 7.77.